The Labute approximate surface area is 175 Å². The van der Waals surface area contributed by atoms with Crippen LogP contribution in [0.2, 0.25) is 0 Å². The summed E-state index contributed by atoms with van der Waals surface area (Å²) in [5, 5.41) is 28.1. The fourth-order valence-corrected chi connectivity index (χ4v) is 3.19. The van der Waals surface area contributed by atoms with Crippen LogP contribution in [0.5, 0.6) is 11.5 Å². The molecule has 10 nitrogen and oxygen atoms in total. The second-order valence-electron chi connectivity index (χ2n) is 6.90. The molecular weight excluding hydrogens is 404 g/mol. The van der Waals surface area contributed by atoms with Gasteiger partial charge in [-0.25, -0.2) is 4.79 Å². The number of fused-ring (bicyclic) bond motifs is 1. The molecule has 3 heterocycles. The molecule has 0 aliphatic carbocycles. The number of aryl methyl sites for hydroxylation is 2. The lowest BCUT2D eigenvalue weighted by atomic mass is 10.2. The van der Waals surface area contributed by atoms with E-state index in [9.17, 15) is 19.8 Å². The highest BCUT2D eigenvalue weighted by Gasteiger charge is 2.09. The molecule has 4 aromatic rings. The van der Waals surface area contributed by atoms with Crippen molar-refractivity contribution in [3.8, 4) is 11.5 Å². The Balaban J connectivity index is 1.33. The fourth-order valence-electron chi connectivity index (χ4n) is 3.19. The predicted octanol–water partition coefficient (Wildman–Crippen LogP) is 1.41. The topological polar surface area (TPSA) is 133 Å². The van der Waals surface area contributed by atoms with Crippen LogP contribution < -0.4 is 15.8 Å². The van der Waals surface area contributed by atoms with E-state index < -0.39 is 23.4 Å². The van der Waals surface area contributed by atoms with E-state index in [-0.39, 0.29) is 12.3 Å². The molecular formula is C21H20N4O6. The van der Waals surface area contributed by atoms with Crippen molar-refractivity contribution in [1.82, 2.24) is 19.6 Å². The normalized spacial score (nSPS) is 11.1. The number of ether oxygens (including phenoxy) is 1. The maximum atomic E-state index is 11.5. The standard InChI is InChI=1S/C21H20N4O6/c26-12-17-21(29)18(27)6-9-24(17)7-1-8-25-11-15(22-23-25)13-30-16-4-2-14-3-5-20(28)31-19(14)10-16/h2-6,9-11,26,29H,1,7-8,12-13H2. The fraction of sp³-hybridized carbons (Fsp3) is 0.238. The number of rotatable bonds is 8. The number of nitrogens with zero attached hydrogens (tertiary/aromatic N) is 4. The van der Waals surface area contributed by atoms with E-state index in [4.69, 9.17) is 9.15 Å². The van der Waals surface area contributed by atoms with Gasteiger partial charge in [0.15, 0.2) is 5.75 Å². The number of hydrogen-bond acceptors (Lipinski definition) is 8. The summed E-state index contributed by atoms with van der Waals surface area (Å²) >= 11 is 0. The summed E-state index contributed by atoms with van der Waals surface area (Å²) in [7, 11) is 0. The number of aromatic hydroxyl groups is 1. The summed E-state index contributed by atoms with van der Waals surface area (Å²) in [4.78, 5) is 22.8. The number of aliphatic hydroxyl groups excluding tert-OH is 1. The molecule has 0 aliphatic heterocycles. The van der Waals surface area contributed by atoms with Gasteiger partial charge in [-0.15, -0.1) is 5.10 Å². The summed E-state index contributed by atoms with van der Waals surface area (Å²) in [6.07, 6.45) is 3.94. The zero-order chi connectivity index (χ0) is 21.8. The zero-order valence-electron chi connectivity index (χ0n) is 16.5. The average molecular weight is 424 g/mol. The Kier molecular flexibility index (Phi) is 5.80. The predicted molar refractivity (Wildman–Crippen MR) is 110 cm³/mol. The Hall–Kier alpha value is -3.92. The highest BCUT2D eigenvalue weighted by molar-refractivity contribution is 5.77. The van der Waals surface area contributed by atoms with Crippen molar-refractivity contribution in [2.24, 2.45) is 0 Å². The van der Waals surface area contributed by atoms with Gasteiger partial charge in [0.2, 0.25) is 5.43 Å². The molecule has 0 atom stereocenters. The van der Waals surface area contributed by atoms with Gasteiger partial charge in [-0.2, -0.15) is 0 Å². The molecule has 0 saturated carbocycles. The van der Waals surface area contributed by atoms with Crippen LogP contribution in [0.4, 0.5) is 0 Å². The minimum Gasteiger partial charge on any atom is -0.503 e. The summed E-state index contributed by atoms with van der Waals surface area (Å²) in [5.41, 5.74) is 0.327. The van der Waals surface area contributed by atoms with Gasteiger partial charge in [0, 0.05) is 42.9 Å². The molecule has 10 heteroatoms. The van der Waals surface area contributed by atoms with E-state index in [1.165, 1.54) is 12.1 Å². The molecule has 0 amide bonds. The quantitative estimate of drug-likeness (QED) is 0.406. The Bertz CT molecular complexity index is 1320. The van der Waals surface area contributed by atoms with Crippen molar-refractivity contribution in [2.45, 2.75) is 32.7 Å². The zero-order valence-corrected chi connectivity index (χ0v) is 16.5. The minimum atomic E-state index is -0.519. The first kappa shape index (κ1) is 20.4. The SMILES string of the molecule is O=c1ccc2ccc(OCc3cn(CCCn4ccc(=O)c(O)c4CO)nn3)cc2o1. The van der Waals surface area contributed by atoms with Crippen LogP contribution in [-0.4, -0.2) is 29.8 Å². The molecule has 4 rings (SSSR count). The molecule has 0 radical (unpaired) electrons. The maximum absolute atomic E-state index is 11.5. The van der Waals surface area contributed by atoms with Crippen molar-refractivity contribution in [3.05, 3.63) is 80.8 Å². The van der Waals surface area contributed by atoms with Crippen LogP contribution in [-0.2, 0) is 26.3 Å². The van der Waals surface area contributed by atoms with Crippen LogP contribution in [0, 0.1) is 0 Å². The van der Waals surface area contributed by atoms with Crippen LogP contribution in [0.3, 0.4) is 0 Å². The van der Waals surface area contributed by atoms with Gasteiger partial charge < -0.3 is 23.9 Å². The third kappa shape index (κ3) is 4.64. The van der Waals surface area contributed by atoms with Gasteiger partial charge in [0.25, 0.3) is 0 Å². The minimum absolute atomic E-state index is 0.186. The molecule has 160 valence electrons. The van der Waals surface area contributed by atoms with E-state index in [2.05, 4.69) is 10.3 Å². The Morgan fingerprint density at radius 1 is 1.10 bits per heavy atom. The van der Waals surface area contributed by atoms with Crippen LogP contribution in [0.15, 0.2) is 62.8 Å². The van der Waals surface area contributed by atoms with Crippen molar-refractivity contribution in [3.63, 3.8) is 0 Å². The van der Waals surface area contributed by atoms with Crippen LogP contribution in [0.1, 0.15) is 17.8 Å². The summed E-state index contributed by atoms with van der Waals surface area (Å²) in [6, 6.07) is 9.56. The Morgan fingerprint density at radius 3 is 2.77 bits per heavy atom. The largest absolute Gasteiger partial charge is 0.503 e. The third-order valence-corrected chi connectivity index (χ3v) is 4.76. The molecule has 0 fully saturated rings. The number of aliphatic hydroxyl groups is 1. The van der Waals surface area contributed by atoms with Crippen molar-refractivity contribution in [2.75, 3.05) is 0 Å². The number of hydrogen-bond donors (Lipinski definition) is 2. The first-order valence-corrected chi connectivity index (χ1v) is 9.61. The average Bonchev–Trinajstić information content (AvgIpc) is 3.22. The van der Waals surface area contributed by atoms with Crippen LogP contribution in [0.25, 0.3) is 11.0 Å². The van der Waals surface area contributed by atoms with E-state index >= 15 is 0 Å². The molecule has 31 heavy (non-hydrogen) atoms. The molecule has 3 aromatic heterocycles. The molecule has 0 bridgehead atoms. The second kappa shape index (κ2) is 8.84. The molecule has 0 spiro atoms. The highest BCUT2D eigenvalue weighted by Crippen LogP contribution is 2.20. The highest BCUT2D eigenvalue weighted by atomic mass is 16.5. The van der Waals surface area contributed by atoms with Gasteiger partial charge in [-0.3, -0.25) is 9.48 Å². The second-order valence-corrected chi connectivity index (χ2v) is 6.90. The third-order valence-electron chi connectivity index (χ3n) is 4.76. The summed E-state index contributed by atoms with van der Waals surface area (Å²) < 4.78 is 14.2. The van der Waals surface area contributed by atoms with E-state index in [0.717, 1.165) is 5.39 Å². The van der Waals surface area contributed by atoms with Gasteiger partial charge in [-0.05, 0) is 24.6 Å². The van der Waals surface area contributed by atoms with Gasteiger partial charge >= 0.3 is 5.63 Å². The number of pyridine rings is 1. The van der Waals surface area contributed by atoms with Crippen molar-refractivity contribution < 1.29 is 19.4 Å². The van der Waals surface area contributed by atoms with E-state index in [0.29, 0.717) is 36.5 Å². The van der Waals surface area contributed by atoms with E-state index in [1.54, 1.807) is 45.9 Å². The molecule has 2 N–H and O–H groups in total. The van der Waals surface area contributed by atoms with Crippen molar-refractivity contribution >= 4 is 11.0 Å². The number of aromatic nitrogens is 4. The lowest BCUT2D eigenvalue weighted by Crippen LogP contribution is -2.14. The van der Waals surface area contributed by atoms with Gasteiger partial charge in [0.05, 0.1) is 18.5 Å². The Morgan fingerprint density at radius 2 is 1.94 bits per heavy atom. The smallest absolute Gasteiger partial charge is 0.336 e. The van der Waals surface area contributed by atoms with Gasteiger partial charge in [0.1, 0.15) is 23.6 Å². The summed E-state index contributed by atoms with van der Waals surface area (Å²) in [5.74, 6) is 0.115. The van der Waals surface area contributed by atoms with Crippen molar-refractivity contribution in [1.29, 1.82) is 0 Å². The lowest BCUT2D eigenvalue weighted by Gasteiger charge is -2.12. The summed E-state index contributed by atoms with van der Waals surface area (Å²) in [6.45, 7) is 0.805. The number of benzene rings is 1. The monoisotopic (exact) mass is 424 g/mol. The molecule has 0 unspecified atom stereocenters. The molecule has 0 aliphatic rings. The maximum Gasteiger partial charge on any atom is 0.336 e. The molecule has 1 aromatic carbocycles. The lowest BCUT2D eigenvalue weighted by molar-refractivity contribution is 0.260. The van der Waals surface area contributed by atoms with Crippen LogP contribution >= 0.6 is 0 Å². The molecule has 0 saturated heterocycles. The van der Waals surface area contributed by atoms with Gasteiger partial charge in [-0.1, -0.05) is 5.21 Å². The first-order chi connectivity index (χ1) is 15.0. The first-order valence-electron chi connectivity index (χ1n) is 9.61. The van der Waals surface area contributed by atoms with E-state index in [1.807, 2.05) is 0 Å².